The highest BCUT2D eigenvalue weighted by Crippen LogP contribution is 2.39. The quantitative estimate of drug-likeness (QED) is 0.840. The number of nitrogens with one attached hydrogen (secondary N) is 1. The first-order chi connectivity index (χ1) is 9.17. The van der Waals surface area contributed by atoms with Crippen LogP contribution in [0.2, 0.25) is 0 Å². The van der Waals surface area contributed by atoms with Crippen molar-refractivity contribution >= 4 is 5.69 Å². The molecule has 2 nitrogen and oxygen atoms in total. The summed E-state index contributed by atoms with van der Waals surface area (Å²) in [5.74, 6) is 0. The van der Waals surface area contributed by atoms with Crippen molar-refractivity contribution in [3.05, 3.63) is 29.8 Å². The number of benzene rings is 1. The van der Waals surface area contributed by atoms with Gasteiger partial charge in [0, 0.05) is 31.2 Å². The first-order valence-electron chi connectivity index (χ1n) is 7.64. The van der Waals surface area contributed by atoms with Crippen LogP contribution in [0.4, 0.5) is 5.69 Å². The normalized spacial score (nSPS) is 17.6. The predicted octanol–water partition coefficient (Wildman–Crippen LogP) is 3.60. The lowest BCUT2D eigenvalue weighted by molar-refractivity contribution is 0.289. The molecule has 106 valence electrons. The van der Waals surface area contributed by atoms with Gasteiger partial charge in [-0.1, -0.05) is 38.0 Å². The van der Waals surface area contributed by atoms with Crippen molar-refractivity contribution in [1.82, 2.24) is 5.32 Å². The Morgan fingerprint density at radius 3 is 2.53 bits per heavy atom. The predicted molar refractivity (Wildman–Crippen MR) is 83.9 cm³/mol. The topological polar surface area (TPSA) is 15.3 Å². The second-order valence-corrected chi connectivity index (χ2v) is 6.13. The molecule has 0 heterocycles. The molecule has 1 fully saturated rings. The van der Waals surface area contributed by atoms with Crippen molar-refractivity contribution in [3.63, 3.8) is 0 Å². The zero-order chi connectivity index (χ0) is 13.7. The van der Waals surface area contributed by atoms with Gasteiger partial charge in [0.05, 0.1) is 0 Å². The molecule has 19 heavy (non-hydrogen) atoms. The second kappa shape index (κ2) is 6.42. The SMILES string of the molecule is CCNCC1(CN(C)c2ccccc2C)CCCC1. The largest absolute Gasteiger partial charge is 0.374 e. The Morgan fingerprint density at radius 2 is 1.89 bits per heavy atom. The highest BCUT2D eigenvalue weighted by molar-refractivity contribution is 5.52. The van der Waals surface area contributed by atoms with Crippen LogP contribution >= 0.6 is 0 Å². The van der Waals surface area contributed by atoms with E-state index < -0.39 is 0 Å². The first-order valence-corrected chi connectivity index (χ1v) is 7.64. The van der Waals surface area contributed by atoms with Crippen LogP contribution in [0.25, 0.3) is 0 Å². The summed E-state index contributed by atoms with van der Waals surface area (Å²) >= 11 is 0. The van der Waals surface area contributed by atoms with Crippen molar-refractivity contribution in [3.8, 4) is 0 Å². The zero-order valence-corrected chi connectivity index (χ0v) is 12.7. The number of aryl methyl sites for hydroxylation is 1. The number of rotatable bonds is 6. The van der Waals surface area contributed by atoms with Crippen molar-refractivity contribution in [1.29, 1.82) is 0 Å². The van der Waals surface area contributed by atoms with Crippen LogP contribution in [0.1, 0.15) is 38.2 Å². The van der Waals surface area contributed by atoms with E-state index in [0.717, 1.165) is 6.54 Å². The molecule has 0 aromatic heterocycles. The van der Waals surface area contributed by atoms with E-state index in [0.29, 0.717) is 5.41 Å². The monoisotopic (exact) mass is 260 g/mol. The van der Waals surface area contributed by atoms with Crippen LogP contribution in [-0.4, -0.2) is 26.7 Å². The fraction of sp³-hybridized carbons (Fsp3) is 0.647. The summed E-state index contributed by atoms with van der Waals surface area (Å²) in [6, 6.07) is 8.71. The molecular formula is C17H28N2. The molecule has 2 rings (SSSR count). The van der Waals surface area contributed by atoms with Gasteiger partial charge in [0.15, 0.2) is 0 Å². The van der Waals surface area contributed by atoms with Gasteiger partial charge in [-0.15, -0.1) is 0 Å². The van der Waals surface area contributed by atoms with Gasteiger partial charge in [0.2, 0.25) is 0 Å². The van der Waals surface area contributed by atoms with Crippen LogP contribution in [0.15, 0.2) is 24.3 Å². The van der Waals surface area contributed by atoms with Gasteiger partial charge in [-0.2, -0.15) is 0 Å². The van der Waals surface area contributed by atoms with E-state index in [2.05, 4.69) is 55.4 Å². The van der Waals surface area contributed by atoms with Crippen molar-refractivity contribution < 1.29 is 0 Å². The molecule has 0 radical (unpaired) electrons. The molecule has 0 unspecified atom stereocenters. The molecule has 0 atom stereocenters. The third-order valence-electron chi connectivity index (χ3n) is 4.51. The first kappa shape index (κ1) is 14.4. The maximum atomic E-state index is 3.58. The van der Waals surface area contributed by atoms with E-state index in [1.165, 1.54) is 50.0 Å². The molecule has 2 heteroatoms. The Morgan fingerprint density at radius 1 is 1.21 bits per heavy atom. The Kier molecular flexibility index (Phi) is 4.87. The molecule has 1 aliphatic rings. The van der Waals surface area contributed by atoms with Crippen molar-refractivity contribution in [2.75, 3.05) is 31.6 Å². The van der Waals surface area contributed by atoms with Gasteiger partial charge in [-0.3, -0.25) is 0 Å². The molecule has 0 spiro atoms. The molecular weight excluding hydrogens is 232 g/mol. The second-order valence-electron chi connectivity index (χ2n) is 6.13. The minimum atomic E-state index is 0.479. The average molecular weight is 260 g/mol. The summed E-state index contributed by atoms with van der Waals surface area (Å²) in [5, 5.41) is 3.58. The Labute approximate surface area is 118 Å². The average Bonchev–Trinajstić information content (AvgIpc) is 2.86. The van der Waals surface area contributed by atoms with Gasteiger partial charge >= 0.3 is 0 Å². The van der Waals surface area contributed by atoms with E-state index in [4.69, 9.17) is 0 Å². The molecule has 0 bridgehead atoms. The summed E-state index contributed by atoms with van der Waals surface area (Å²) in [7, 11) is 2.24. The minimum absolute atomic E-state index is 0.479. The minimum Gasteiger partial charge on any atom is -0.374 e. The lowest BCUT2D eigenvalue weighted by atomic mass is 9.85. The Hall–Kier alpha value is -1.02. The molecule has 1 aromatic carbocycles. The summed E-state index contributed by atoms with van der Waals surface area (Å²) in [6.45, 7) is 7.82. The van der Waals surface area contributed by atoms with E-state index in [-0.39, 0.29) is 0 Å². The lowest BCUT2D eigenvalue weighted by Gasteiger charge is -2.35. The molecule has 1 saturated carbocycles. The van der Waals surface area contributed by atoms with E-state index in [9.17, 15) is 0 Å². The van der Waals surface area contributed by atoms with Gasteiger partial charge in [-0.05, 0) is 37.9 Å². The highest BCUT2D eigenvalue weighted by Gasteiger charge is 2.34. The molecule has 0 amide bonds. The fourth-order valence-electron chi connectivity index (χ4n) is 3.49. The smallest absolute Gasteiger partial charge is 0.0393 e. The van der Waals surface area contributed by atoms with Gasteiger partial charge in [0.25, 0.3) is 0 Å². The van der Waals surface area contributed by atoms with E-state index >= 15 is 0 Å². The standard InChI is InChI=1S/C17H28N2/c1-4-18-13-17(11-7-8-12-17)14-19(3)16-10-6-5-9-15(16)2/h5-6,9-10,18H,4,7-8,11-14H2,1-3H3. The number of nitrogens with zero attached hydrogens (tertiary/aromatic N) is 1. The number of para-hydroxylation sites is 1. The molecule has 1 aliphatic carbocycles. The van der Waals surface area contributed by atoms with E-state index in [1.807, 2.05) is 0 Å². The zero-order valence-electron chi connectivity index (χ0n) is 12.7. The third-order valence-corrected chi connectivity index (χ3v) is 4.51. The number of hydrogen-bond donors (Lipinski definition) is 1. The van der Waals surface area contributed by atoms with Crippen LogP contribution in [0.5, 0.6) is 0 Å². The summed E-state index contributed by atoms with van der Waals surface area (Å²) in [6.07, 6.45) is 5.53. The molecule has 1 N–H and O–H groups in total. The maximum absolute atomic E-state index is 3.58. The maximum Gasteiger partial charge on any atom is 0.0393 e. The summed E-state index contributed by atoms with van der Waals surface area (Å²) < 4.78 is 0. The van der Waals surface area contributed by atoms with Crippen LogP contribution in [0, 0.1) is 12.3 Å². The Bertz CT molecular complexity index is 394. The van der Waals surface area contributed by atoms with Crippen molar-refractivity contribution in [2.45, 2.75) is 39.5 Å². The van der Waals surface area contributed by atoms with Gasteiger partial charge in [0.1, 0.15) is 0 Å². The number of anilines is 1. The van der Waals surface area contributed by atoms with Gasteiger partial charge in [-0.25, -0.2) is 0 Å². The molecule has 0 aliphatic heterocycles. The van der Waals surface area contributed by atoms with Crippen LogP contribution in [0.3, 0.4) is 0 Å². The summed E-state index contributed by atoms with van der Waals surface area (Å²) in [5.41, 5.74) is 3.24. The number of hydrogen-bond acceptors (Lipinski definition) is 2. The molecule has 1 aromatic rings. The summed E-state index contributed by atoms with van der Waals surface area (Å²) in [4.78, 5) is 2.46. The van der Waals surface area contributed by atoms with Crippen LogP contribution in [-0.2, 0) is 0 Å². The lowest BCUT2D eigenvalue weighted by Crippen LogP contribution is -2.41. The fourth-order valence-corrected chi connectivity index (χ4v) is 3.49. The highest BCUT2D eigenvalue weighted by atomic mass is 15.1. The van der Waals surface area contributed by atoms with Crippen LogP contribution < -0.4 is 10.2 Å². The Balaban J connectivity index is 2.07. The van der Waals surface area contributed by atoms with Crippen molar-refractivity contribution in [2.24, 2.45) is 5.41 Å². The van der Waals surface area contributed by atoms with E-state index in [1.54, 1.807) is 0 Å². The van der Waals surface area contributed by atoms with Gasteiger partial charge < -0.3 is 10.2 Å². The third kappa shape index (κ3) is 3.50. The molecule has 0 saturated heterocycles.